The Morgan fingerprint density at radius 1 is 1.03 bits per heavy atom. The van der Waals surface area contributed by atoms with E-state index >= 15 is 0 Å². The maximum absolute atomic E-state index is 13.3. The van der Waals surface area contributed by atoms with E-state index in [1.165, 1.54) is 0 Å². The van der Waals surface area contributed by atoms with Crippen LogP contribution in [0.15, 0.2) is 83.7 Å². The van der Waals surface area contributed by atoms with Crippen molar-refractivity contribution in [2.75, 3.05) is 25.5 Å². The molecule has 2 amide bonds. The largest absolute Gasteiger partial charge is 0.497 e. The maximum Gasteiger partial charge on any atom is 0.251 e. The van der Waals surface area contributed by atoms with Crippen LogP contribution in [0, 0.1) is 0 Å². The van der Waals surface area contributed by atoms with E-state index in [4.69, 9.17) is 10.5 Å². The molecule has 4 aromatic rings. The van der Waals surface area contributed by atoms with Crippen LogP contribution in [-0.4, -0.2) is 47.5 Å². The zero-order valence-electron chi connectivity index (χ0n) is 21.2. The SMILES string of the molecule is COc1ccc2c(-c3ccccc3)cc(=O)n(Cc3ccc(NC(=O)[C@@H]4CCCN4CC(N)=O)cc3)c2c1. The highest BCUT2D eigenvalue weighted by molar-refractivity contribution is 5.96. The lowest BCUT2D eigenvalue weighted by Gasteiger charge is -2.22. The van der Waals surface area contributed by atoms with Crippen molar-refractivity contribution in [1.29, 1.82) is 0 Å². The van der Waals surface area contributed by atoms with Crippen molar-refractivity contribution in [3.63, 3.8) is 0 Å². The summed E-state index contributed by atoms with van der Waals surface area (Å²) in [7, 11) is 1.61. The van der Waals surface area contributed by atoms with Crippen LogP contribution in [-0.2, 0) is 16.1 Å². The van der Waals surface area contributed by atoms with Gasteiger partial charge in [-0.2, -0.15) is 0 Å². The standard InChI is InChI=1S/C30H30N4O4/c1-38-23-13-14-24-25(21-6-3-2-4-7-21)17-29(36)34(27(24)16-23)18-20-9-11-22(12-10-20)32-30(37)26-8-5-15-33(26)19-28(31)35/h2-4,6-7,9-14,16-17,26H,5,8,15,18-19H2,1H3,(H2,31,35)(H,32,37)/t26-/m0/s1. The van der Waals surface area contributed by atoms with Crippen LogP contribution in [0.2, 0.25) is 0 Å². The Balaban J connectivity index is 1.40. The minimum Gasteiger partial charge on any atom is -0.497 e. The third kappa shape index (κ3) is 5.31. The lowest BCUT2D eigenvalue weighted by molar-refractivity contribution is -0.123. The molecule has 0 unspecified atom stereocenters. The van der Waals surface area contributed by atoms with Gasteiger partial charge in [-0.1, -0.05) is 42.5 Å². The molecule has 1 fully saturated rings. The summed E-state index contributed by atoms with van der Waals surface area (Å²) in [6, 6.07) is 24.4. The quantitative estimate of drug-likeness (QED) is 0.377. The molecule has 3 N–H and O–H groups in total. The van der Waals surface area contributed by atoms with E-state index in [9.17, 15) is 14.4 Å². The second-order valence-corrected chi connectivity index (χ2v) is 9.51. The van der Waals surface area contributed by atoms with E-state index in [0.29, 0.717) is 30.9 Å². The summed E-state index contributed by atoms with van der Waals surface area (Å²) < 4.78 is 7.19. The molecule has 0 radical (unpaired) electrons. The normalized spacial score (nSPS) is 15.4. The third-order valence-electron chi connectivity index (χ3n) is 6.99. The predicted octanol–water partition coefficient (Wildman–Crippen LogP) is 3.61. The summed E-state index contributed by atoms with van der Waals surface area (Å²) in [4.78, 5) is 39.3. The lowest BCUT2D eigenvalue weighted by atomic mass is 10.0. The number of hydrogen-bond donors (Lipinski definition) is 2. The van der Waals surface area contributed by atoms with E-state index in [1.54, 1.807) is 17.7 Å². The summed E-state index contributed by atoms with van der Waals surface area (Å²) in [6.07, 6.45) is 1.54. The van der Waals surface area contributed by atoms with Gasteiger partial charge in [0.1, 0.15) is 5.75 Å². The molecule has 1 atom stereocenters. The van der Waals surface area contributed by atoms with E-state index < -0.39 is 5.91 Å². The summed E-state index contributed by atoms with van der Waals surface area (Å²) in [5.74, 6) is 0.0831. The van der Waals surface area contributed by atoms with E-state index in [1.807, 2.05) is 77.7 Å². The number of hydrogen-bond acceptors (Lipinski definition) is 5. The second kappa shape index (κ2) is 10.9. The summed E-state index contributed by atoms with van der Waals surface area (Å²) in [5, 5.41) is 3.90. The number of nitrogens with one attached hydrogen (secondary N) is 1. The van der Waals surface area contributed by atoms with Gasteiger partial charge < -0.3 is 20.4 Å². The molecule has 0 aliphatic carbocycles. The Morgan fingerprint density at radius 3 is 2.50 bits per heavy atom. The third-order valence-corrected chi connectivity index (χ3v) is 6.99. The van der Waals surface area contributed by atoms with Gasteiger partial charge >= 0.3 is 0 Å². The summed E-state index contributed by atoms with van der Waals surface area (Å²) in [6.45, 7) is 1.12. The number of anilines is 1. The van der Waals surface area contributed by atoms with Gasteiger partial charge in [0, 0.05) is 23.2 Å². The highest BCUT2D eigenvalue weighted by Crippen LogP contribution is 2.30. The average Bonchev–Trinajstić information content (AvgIpc) is 3.39. The molecule has 8 heteroatoms. The van der Waals surface area contributed by atoms with Crippen molar-refractivity contribution in [3.05, 3.63) is 94.8 Å². The van der Waals surface area contributed by atoms with Crippen LogP contribution in [0.3, 0.4) is 0 Å². The number of carbonyl (C=O) groups excluding carboxylic acids is 2. The lowest BCUT2D eigenvalue weighted by Crippen LogP contribution is -2.43. The number of likely N-dealkylation sites (tertiary alicyclic amines) is 1. The Hall–Kier alpha value is -4.43. The highest BCUT2D eigenvalue weighted by atomic mass is 16.5. The van der Waals surface area contributed by atoms with Gasteiger partial charge in [0.2, 0.25) is 11.8 Å². The van der Waals surface area contributed by atoms with Crippen LogP contribution >= 0.6 is 0 Å². The fourth-order valence-electron chi connectivity index (χ4n) is 5.12. The Kier molecular flexibility index (Phi) is 7.24. The fraction of sp³-hybridized carbons (Fsp3) is 0.233. The molecule has 1 aromatic heterocycles. The van der Waals surface area contributed by atoms with E-state index in [-0.39, 0.29) is 24.1 Å². The Labute approximate surface area is 220 Å². The van der Waals surface area contributed by atoms with Crippen LogP contribution in [0.5, 0.6) is 5.75 Å². The van der Waals surface area contributed by atoms with Gasteiger partial charge in [0.25, 0.3) is 5.56 Å². The van der Waals surface area contributed by atoms with Crippen molar-refractivity contribution < 1.29 is 14.3 Å². The zero-order valence-corrected chi connectivity index (χ0v) is 21.2. The molecule has 8 nitrogen and oxygen atoms in total. The first-order valence-electron chi connectivity index (χ1n) is 12.6. The minimum atomic E-state index is -0.439. The number of nitrogens with two attached hydrogens (primary N) is 1. The molecule has 0 bridgehead atoms. The smallest absolute Gasteiger partial charge is 0.251 e. The van der Waals surface area contributed by atoms with Crippen molar-refractivity contribution in [2.24, 2.45) is 5.73 Å². The number of carbonyl (C=O) groups is 2. The number of benzene rings is 3. The Bertz CT molecular complexity index is 1530. The summed E-state index contributed by atoms with van der Waals surface area (Å²) in [5.41, 5.74) is 9.41. The van der Waals surface area contributed by atoms with Gasteiger partial charge in [-0.05, 0) is 60.3 Å². The first kappa shape index (κ1) is 25.2. The fourth-order valence-corrected chi connectivity index (χ4v) is 5.12. The van der Waals surface area contributed by atoms with Gasteiger partial charge in [-0.25, -0.2) is 0 Å². The molecule has 1 saturated heterocycles. The molecular weight excluding hydrogens is 480 g/mol. The minimum absolute atomic E-state index is 0.0770. The molecular formula is C30H30N4O4. The predicted molar refractivity (Wildman–Crippen MR) is 148 cm³/mol. The topological polar surface area (TPSA) is 107 Å². The zero-order chi connectivity index (χ0) is 26.6. The number of methoxy groups -OCH3 is 1. The van der Waals surface area contributed by atoms with Gasteiger partial charge in [0.05, 0.1) is 31.8 Å². The van der Waals surface area contributed by atoms with Crippen LogP contribution in [0.1, 0.15) is 18.4 Å². The second-order valence-electron chi connectivity index (χ2n) is 9.51. The number of amides is 2. The number of pyridine rings is 1. The van der Waals surface area contributed by atoms with Gasteiger partial charge in [0.15, 0.2) is 0 Å². The molecule has 0 spiro atoms. The van der Waals surface area contributed by atoms with Crippen LogP contribution in [0.25, 0.3) is 22.0 Å². The summed E-state index contributed by atoms with van der Waals surface area (Å²) >= 11 is 0. The number of fused-ring (bicyclic) bond motifs is 1. The molecule has 2 heterocycles. The van der Waals surface area contributed by atoms with Crippen molar-refractivity contribution >= 4 is 28.4 Å². The van der Waals surface area contributed by atoms with E-state index in [0.717, 1.165) is 34.0 Å². The number of primary amides is 1. The molecule has 38 heavy (non-hydrogen) atoms. The Morgan fingerprint density at radius 2 is 1.79 bits per heavy atom. The number of aromatic nitrogens is 1. The van der Waals surface area contributed by atoms with Crippen LogP contribution < -0.4 is 21.3 Å². The number of nitrogens with zero attached hydrogens (tertiary/aromatic N) is 2. The van der Waals surface area contributed by atoms with Gasteiger partial charge in [-0.3, -0.25) is 19.3 Å². The average molecular weight is 511 g/mol. The monoisotopic (exact) mass is 510 g/mol. The maximum atomic E-state index is 13.3. The van der Waals surface area contributed by atoms with Crippen molar-refractivity contribution in [3.8, 4) is 16.9 Å². The first-order valence-corrected chi connectivity index (χ1v) is 12.6. The molecule has 3 aromatic carbocycles. The highest BCUT2D eigenvalue weighted by Gasteiger charge is 2.31. The molecule has 1 aliphatic heterocycles. The van der Waals surface area contributed by atoms with Crippen molar-refractivity contribution in [2.45, 2.75) is 25.4 Å². The molecule has 1 aliphatic rings. The number of ether oxygens (including phenoxy) is 1. The van der Waals surface area contributed by atoms with Crippen LogP contribution in [0.4, 0.5) is 5.69 Å². The van der Waals surface area contributed by atoms with Crippen molar-refractivity contribution in [1.82, 2.24) is 9.47 Å². The molecule has 194 valence electrons. The first-order chi connectivity index (χ1) is 18.4. The van der Waals surface area contributed by atoms with Gasteiger partial charge in [-0.15, -0.1) is 0 Å². The molecule has 0 saturated carbocycles. The van der Waals surface area contributed by atoms with E-state index in [2.05, 4.69) is 5.32 Å². The molecule has 5 rings (SSSR count). The number of rotatable bonds is 8.